The smallest absolute Gasteiger partial charge is 0.175 e. The van der Waals surface area contributed by atoms with Gasteiger partial charge in [-0.3, -0.25) is 0 Å². The van der Waals surface area contributed by atoms with Crippen LogP contribution in [0.3, 0.4) is 0 Å². The predicted molar refractivity (Wildman–Crippen MR) is 64.2 cm³/mol. The second-order valence-electron chi connectivity index (χ2n) is 3.94. The van der Waals surface area contributed by atoms with Gasteiger partial charge in [0, 0.05) is 23.3 Å². The summed E-state index contributed by atoms with van der Waals surface area (Å²) >= 11 is 0. The summed E-state index contributed by atoms with van der Waals surface area (Å²) in [7, 11) is 4.06. The summed E-state index contributed by atoms with van der Waals surface area (Å²) in [6.45, 7) is 0. The van der Waals surface area contributed by atoms with Crippen LogP contribution in [0.4, 0.5) is 0 Å². The molecule has 2 rings (SSSR count). The Morgan fingerprint density at radius 3 is 1.62 bits per heavy atom. The molecule has 0 spiro atoms. The molecule has 0 aromatic carbocycles. The number of hydrogen-bond donors (Lipinski definition) is 0. The van der Waals surface area contributed by atoms with Crippen molar-refractivity contribution in [2.75, 3.05) is 0 Å². The topological polar surface area (TPSA) is 7.76 Å². The summed E-state index contributed by atoms with van der Waals surface area (Å²) in [5.74, 6) is 0. The van der Waals surface area contributed by atoms with E-state index >= 15 is 0 Å². The number of aryl methyl sites for hydroxylation is 2. The van der Waals surface area contributed by atoms with Crippen molar-refractivity contribution < 1.29 is 9.13 Å². The predicted octanol–water partition coefficient (Wildman–Crippen LogP) is 1.51. The lowest BCUT2D eigenvalue weighted by atomic mass is 10.2. The van der Waals surface area contributed by atoms with E-state index in [0.717, 1.165) is 0 Å². The third kappa shape index (κ3) is 2.76. The van der Waals surface area contributed by atoms with Crippen molar-refractivity contribution in [2.24, 2.45) is 14.1 Å². The summed E-state index contributed by atoms with van der Waals surface area (Å²) in [6.07, 6.45) is 12.5. The molecule has 0 aliphatic heterocycles. The third-order valence-corrected chi connectivity index (χ3v) is 2.39. The maximum Gasteiger partial charge on any atom is 0.175 e. The Morgan fingerprint density at radius 1 is 0.812 bits per heavy atom. The summed E-state index contributed by atoms with van der Waals surface area (Å²) in [5, 5.41) is 0. The average Bonchev–Trinajstić information content (AvgIpc) is 2.27. The molecule has 0 N–H and O–H groups in total. The monoisotopic (exact) mass is 212 g/mol. The molecule has 2 nitrogen and oxygen atoms in total. The SMILES string of the molecule is C[n+]1cccc(/C=C\c2ccc[n+](C)c2)c1. The molecule has 80 valence electrons. The van der Waals surface area contributed by atoms with Gasteiger partial charge in [-0.05, 0) is 24.3 Å². The van der Waals surface area contributed by atoms with Gasteiger partial charge in [0.2, 0.25) is 0 Å². The van der Waals surface area contributed by atoms with Gasteiger partial charge in [0.15, 0.2) is 24.8 Å². The zero-order valence-corrected chi connectivity index (χ0v) is 9.67. The molecule has 0 bridgehead atoms. The lowest BCUT2D eigenvalue weighted by Gasteiger charge is -1.92. The molecule has 0 radical (unpaired) electrons. The molecule has 0 saturated carbocycles. The lowest BCUT2D eigenvalue weighted by Crippen LogP contribution is -2.26. The van der Waals surface area contributed by atoms with E-state index in [1.165, 1.54) is 11.1 Å². The Bertz CT molecular complexity index is 468. The van der Waals surface area contributed by atoms with Crippen molar-refractivity contribution in [3.8, 4) is 0 Å². The van der Waals surface area contributed by atoms with Gasteiger partial charge < -0.3 is 0 Å². The standard InChI is InChI=1S/C14H16N2/c1-15-9-3-5-13(11-15)7-8-14-6-4-10-16(2)12-14/h3-12H,1-2H3/q+2/b8-7-. The molecule has 2 aromatic rings. The first kappa shape index (κ1) is 10.6. The highest BCUT2D eigenvalue weighted by Gasteiger charge is 1.95. The van der Waals surface area contributed by atoms with Crippen molar-refractivity contribution in [1.82, 2.24) is 0 Å². The van der Waals surface area contributed by atoms with Crippen molar-refractivity contribution in [2.45, 2.75) is 0 Å². The Balaban J connectivity index is 2.21. The molecule has 0 atom stereocenters. The molecule has 2 aromatic heterocycles. The molecule has 0 saturated heterocycles. The van der Waals surface area contributed by atoms with Gasteiger partial charge in [0.25, 0.3) is 0 Å². The van der Waals surface area contributed by atoms with E-state index in [1.54, 1.807) is 0 Å². The van der Waals surface area contributed by atoms with Gasteiger partial charge in [0.1, 0.15) is 14.1 Å². The minimum atomic E-state index is 1.21. The van der Waals surface area contributed by atoms with Crippen LogP contribution in [0.5, 0.6) is 0 Å². The van der Waals surface area contributed by atoms with Crippen LogP contribution in [-0.4, -0.2) is 0 Å². The second kappa shape index (κ2) is 4.71. The fourth-order valence-corrected chi connectivity index (χ4v) is 1.61. The van der Waals surface area contributed by atoms with Gasteiger partial charge in [-0.25, -0.2) is 9.13 Å². The van der Waals surface area contributed by atoms with Crippen LogP contribution in [0.1, 0.15) is 11.1 Å². The molecule has 0 aliphatic rings. The van der Waals surface area contributed by atoms with Crippen molar-refractivity contribution in [3.63, 3.8) is 0 Å². The lowest BCUT2D eigenvalue weighted by molar-refractivity contribution is -0.671. The Kier molecular flexibility index (Phi) is 3.10. The number of hydrogen-bond acceptors (Lipinski definition) is 0. The Morgan fingerprint density at radius 2 is 1.25 bits per heavy atom. The van der Waals surface area contributed by atoms with Gasteiger partial charge in [-0.2, -0.15) is 0 Å². The first-order chi connectivity index (χ1) is 7.74. The first-order valence-corrected chi connectivity index (χ1v) is 5.33. The van der Waals surface area contributed by atoms with Gasteiger partial charge in [-0.15, -0.1) is 0 Å². The van der Waals surface area contributed by atoms with Gasteiger partial charge in [-0.1, -0.05) is 0 Å². The summed E-state index contributed by atoms with van der Waals surface area (Å²) in [4.78, 5) is 0. The van der Waals surface area contributed by atoms with Crippen LogP contribution < -0.4 is 9.13 Å². The van der Waals surface area contributed by atoms with Crippen molar-refractivity contribution >= 4 is 12.2 Å². The fourth-order valence-electron chi connectivity index (χ4n) is 1.61. The average molecular weight is 212 g/mol. The highest BCUT2D eigenvalue weighted by atomic mass is 14.9. The van der Waals surface area contributed by atoms with E-state index in [2.05, 4.69) is 36.7 Å². The number of pyridine rings is 2. The number of nitrogens with zero attached hydrogens (tertiary/aromatic N) is 2. The Labute approximate surface area is 96.1 Å². The van der Waals surface area contributed by atoms with Crippen LogP contribution in [0.15, 0.2) is 49.1 Å². The van der Waals surface area contributed by atoms with Gasteiger partial charge >= 0.3 is 0 Å². The fraction of sp³-hybridized carbons (Fsp3) is 0.143. The van der Waals surface area contributed by atoms with E-state index in [-0.39, 0.29) is 0 Å². The van der Waals surface area contributed by atoms with E-state index in [1.807, 2.05) is 47.8 Å². The molecular weight excluding hydrogens is 196 g/mol. The van der Waals surface area contributed by atoms with Crippen LogP contribution in [0, 0.1) is 0 Å². The Hall–Kier alpha value is -1.96. The molecule has 0 aliphatic carbocycles. The summed E-state index contributed by atoms with van der Waals surface area (Å²) in [5.41, 5.74) is 2.41. The second-order valence-corrected chi connectivity index (χ2v) is 3.94. The van der Waals surface area contributed by atoms with E-state index < -0.39 is 0 Å². The number of aromatic nitrogens is 2. The first-order valence-electron chi connectivity index (χ1n) is 5.33. The third-order valence-electron chi connectivity index (χ3n) is 2.39. The minimum Gasteiger partial charge on any atom is -0.207 e. The van der Waals surface area contributed by atoms with Crippen molar-refractivity contribution in [3.05, 3.63) is 60.2 Å². The largest absolute Gasteiger partial charge is 0.207 e. The van der Waals surface area contributed by atoms with Crippen LogP contribution in [0.25, 0.3) is 12.2 Å². The zero-order valence-electron chi connectivity index (χ0n) is 9.67. The molecule has 2 heteroatoms. The van der Waals surface area contributed by atoms with Crippen LogP contribution in [-0.2, 0) is 14.1 Å². The highest BCUT2D eigenvalue weighted by Crippen LogP contribution is 2.03. The van der Waals surface area contributed by atoms with E-state index in [4.69, 9.17) is 0 Å². The normalized spacial score (nSPS) is 10.9. The summed E-state index contributed by atoms with van der Waals surface area (Å²) < 4.78 is 4.09. The maximum atomic E-state index is 2.12. The van der Waals surface area contributed by atoms with Crippen LogP contribution in [0.2, 0.25) is 0 Å². The zero-order chi connectivity index (χ0) is 11.4. The van der Waals surface area contributed by atoms with Gasteiger partial charge in [0.05, 0.1) is 0 Å². The molecule has 0 unspecified atom stereocenters. The molecule has 0 fully saturated rings. The van der Waals surface area contributed by atoms with E-state index in [9.17, 15) is 0 Å². The quantitative estimate of drug-likeness (QED) is 0.667. The minimum absolute atomic E-state index is 1.21. The molecule has 2 heterocycles. The number of rotatable bonds is 2. The summed E-state index contributed by atoms with van der Waals surface area (Å²) in [6, 6.07) is 8.29. The maximum absolute atomic E-state index is 2.12. The van der Waals surface area contributed by atoms with E-state index in [0.29, 0.717) is 0 Å². The molecular formula is C14H16N2+2. The van der Waals surface area contributed by atoms with Crippen LogP contribution >= 0.6 is 0 Å². The molecule has 0 amide bonds. The van der Waals surface area contributed by atoms with Crippen molar-refractivity contribution in [1.29, 1.82) is 0 Å². The highest BCUT2D eigenvalue weighted by molar-refractivity contribution is 5.68. The molecule has 16 heavy (non-hydrogen) atoms.